The molecular weight excluding hydrogens is 200 g/mol. The molecular formula is C10H12O3S. The summed E-state index contributed by atoms with van der Waals surface area (Å²) in [6.07, 6.45) is 0.419. The van der Waals surface area contributed by atoms with E-state index in [0.717, 1.165) is 11.1 Å². The summed E-state index contributed by atoms with van der Waals surface area (Å²) < 4.78 is 19.1. The molecule has 0 aromatic heterocycles. The average molecular weight is 212 g/mol. The summed E-state index contributed by atoms with van der Waals surface area (Å²) >= 11 is -1.80. The zero-order valence-corrected chi connectivity index (χ0v) is 8.71. The van der Waals surface area contributed by atoms with E-state index < -0.39 is 11.1 Å². The maximum absolute atomic E-state index is 10.8. The molecule has 0 radical (unpaired) electrons. The summed E-state index contributed by atoms with van der Waals surface area (Å²) in [6.45, 7) is 1.54. The highest BCUT2D eigenvalue weighted by Crippen LogP contribution is 2.07. The van der Waals surface area contributed by atoms with Crippen molar-refractivity contribution >= 4 is 16.9 Å². The molecule has 0 aliphatic carbocycles. The lowest BCUT2D eigenvalue weighted by molar-refractivity contribution is -0.116. The van der Waals surface area contributed by atoms with Gasteiger partial charge in [-0.1, -0.05) is 24.3 Å². The van der Waals surface area contributed by atoms with Crippen LogP contribution in [0, 0.1) is 0 Å². The predicted molar refractivity (Wildman–Crippen MR) is 55.3 cm³/mol. The molecule has 76 valence electrons. The van der Waals surface area contributed by atoms with Crippen molar-refractivity contribution in [2.24, 2.45) is 0 Å². The van der Waals surface area contributed by atoms with Gasteiger partial charge in [-0.05, 0) is 18.1 Å². The number of hydrogen-bond acceptors (Lipinski definition) is 2. The molecule has 0 fully saturated rings. The Morgan fingerprint density at radius 2 is 1.79 bits per heavy atom. The first kappa shape index (κ1) is 11.1. The highest BCUT2D eigenvalue weighted by molar-refractivity contribution is 7.78. The van der Waals surface area contributed by atoms with E-state index in [4.69, 9.17) is 4.55 Å². The number of ketones is 1. The van der Waals surface area contributed by atoms with Crippen molar-refractivity contribution in [2.45, 2.75) is 19.1 Å². The second-order valence-corrected chi connectivity index (χ2v) is 4.09. The van der Waals surface area contributed by atoms with Gasteiger partial charge in [0.1, 0.15) is 5.78 Å². The monoisotopic (exact) mass is 212 g/mol. The summed E-state index contributed by atoms with van der Waals surface area (Å²) in [4.78, 5) is 10.8. The van der Waals surface area contributed by atoms with Crippen LogP contribution in [0.3, 0.4) is 0 Å². The Morgan fingerprint density at radius 1 is 1.29 bits per heavy atom. The minimum Gasteiger partial charge on any atom is -0.306 e. The van der Waals surface area contributed by atoms with Gasteiger partial charge in [0.15, 0.2) is 11.1 Å². The summed E-state index contributed by atoms with van der Waals surface area (Å²) in [5.41, 5.74) is 1.74. The van der Waals surface area contributed by atoms with E-state index in [1.165, 1.54) is 6.92 Å². The molecule has 0 saturated heterocycles. The van der Waals surface area contributed by atoms with Gasteiger partial charge in [-0.15, -0.1) is 0 Å². The van der Waals surface area contributed by atoms with Gasteiger partial charge in [-0.3, -0.25) is 4.79 Å². The summed E-state index contributed by atoms with van der Waals surface area (Å²) in [5.74, 6) is 0.254. The Balaban J connectivity index is 2.68. The van der Waals surface area contributed by atoms with Crippen molar-refractivity contribution in [2.75, 3.05) is 0 Å². The molecule has 1 atom stereocenters. The van der Waals surface area contributed by atoms with Crippen LogP contribution in [-0.2, 0) is 28.0 Å². The van der Waals surface area contributed by atoms with Gasteiger partial charge in [-0.25, -0.2) is 4.21 Å². The maximum atomic E-state index is 10.8. The second-order valence-electron chi connectivity index (χ2n) is 3.16. The van der Waals surface area contributed by atoms with Crippen LogP contribution in [0.25, 0.3) is 0 Å². The lowest BCUT2D eigenvalue weighted by Gasteiger charge is -2.00. The average Bonchev–Trinajstić information content (AvgIpc) is 2.06. The van der Waals surface area contributed by atoms with Crippen molar-refractivity contribution in [1.82, 2.24) is 0 Å². The van der Waals surface area contributed by atoms with Crippen LogP contribution in [0.5, 0.6) is 0 Å². The first-order valence-corrected chi connectivity index (χ1v) is 5.50. The molecule has 0 bridgehead atoms. The fourth-order valence-corrected chi connectivity index (χ4v) is 1.66. The van der Waals surface area contributed by atoms with E-state index >= 15 is 0 Å². The normalized spacial score (nSPS) is 12.4. The number of hydrogen-bond donors (Lipinski definition) is 1. The van der Waals surface area contributed by atoms with Crippen LogP contribution < -0.4 is 0 Å². The second kappa shape index (κ2) is 5.02. The summed E-state index contributed by atoms with van der Waals surface area (Å²) in [6, 6.07) is 7.16. The summed E-state index contributed by atoms with van der Waals surface area (Å²) in [5, 5.41) is 0. The van der Waals surface area contributed by atoms with Crippen molar-refractivity contribution < 1.29 is 13.6 Å². The zero-order chi connectivity index (χ0) is 10.6. The van der Waals surface area contributed by atoms with E-state index in [-0.39, 0.29) is 11.5 Å². The third kappa shape index (κ3) is 3.81. The van der Waals surface area contributed by atoms with Crippen LogP contribution in [0.4, 0.5) is 0 Å². The molecule has 1 aromatic carbocycles. The smallest absolute Gasteiger partial charge is 0.157 e. The largest absolute Gasteiger partial charge is 0.306 e. The molecule has 4 heteroatoms. The van der Waals surface area contributed by atoms with Gasteiger partial charge in [0.05, 0.1) is 5.75 Å². The molecule has 1 aromatic rings. The van der Waals surface area contributed by atoms with Crippen LogP contribution in [0.15, 0.2) is 24.3 Å². The predicted octanol–water partition coefficient (Wildman–Crippen LogP) is 1.54. The number of carbonyl (C=O) groups excluding carboxylic acids is 1. The van der Waals surface area contributed by atoms with Gasteiger partial charge < -0.3 is 4.55 Å². The highest BCUT2D eigenvalue weighted by Gasteiger charge is 2.00. The van der Waals surface area contributed by atoms with Gasteiger partial charge >= 0.3 is 0 Å². The van der Waals surface area contributed by atoms with Crippen LogP contribution in [-0.4, -0.2) is 14.5 Å². The molecule has 0 aliphatic heterocycles. The van der Waals surface area contributed by atoms with Crippen LogP contribution >= 0.6 is 0 Å². The van der Waals surface area contributed by atoms with Crippen LogP contribution in [0.1, 0.15) is 18.1 Å². The van der Waals surface area contributed by atoms with E-state index in [9.17, 15) is 9.00 Å². The Kier molecular flexibility index (Phi) is 3.98. The van der Waals surface area contributed by atoms with Gasteiger partial charge in [0, 0.05) is 6.42 Å². The quantitative estimate of drug-likeness (QED) is 0.770. The number of rotatable bonds is 4. The lowest BCUT2D eigenvalue weighted by Crippen LogP contribution is -1.97. The maximum Gasteiger partial charge on any atom is 0.157 e. The van der Waals surface area contributed by atoms with Crippen molar-refractivity contribution in [3.8, 4) is 0 Å². The summed E-state index contributed by atoms with van der Waals surface area (Å²) in [7, 11) is 0. The molecule has 1 unspecified atom stereocenters. The van der Waals surface area contributed by atoms with Crippen LogP contribution in [0.2, 0.25) is 0 Å². The Bertz CT molecular complexity index is 308. The third-order valence-corrected chi connectivity index (χ3v) is 2.35. The Hall–Kier alpha value is -1.00. The van der Waals surface area contributed by atoms with Crippen molar-refractivity contribution in [1.29, 1.82) is 0 Å². The number of benzene rings is 1. The van der Waals surface area contributed by atoms with E-state index in [1.807, 2.05) is 12.1 Å². The van der Waals surface area contributed by atoms with E-state index in [1.54, 1.807) is 12.1 Å². The minimum atomic E-state index is -1.80. The molecule has 1 rings (SSSR count). The Labute approximate surface area is 85.4 Å². The fraction of sp³-hybridized carbons (Fsp3) is 0.300. The topological polar surface area (TPSA) is 54.4 Å². The number of Topliss-reactive ketones (excluding diaryl/α,β-unsaturated/α-hetero) is 1. The van der Waals surface area contributed by atoms with Gasteiger partial charge in [-0.2, -0.15) is 0 Å². The fourth-order valence-electron chi connectivity index (χ4n) is 1.18. The molecule has 1 N–H and O–H groups in total. The third-order valence-electron chi connectivity index (χ3n) is 1.77. The van der Waals surface area contributed by atoms with Gasteiger partial charge in [0.25, 0.3) is 0 Å². The zero-order valence-electron chi connectivity index (χ0n) is 7.90. The Morgan fingerprint density at radius 3 is 2.21 bits per heavy atom. The van der Waals surface area contributed by atoms with Crippen molar-refractivity contribution in [3.05, 3.63) is 35.4 Å². The molecule has 0 heterocycles. The van der Waals surface area contributed by atoms with E-state index in [2.05, 4.69) is 0 Å². The van der Waals surface area contributed by atoms with E-state index in [0.29, 0.717) is 6.42 Å². The molecule has 0 aliphatic rings. The molecule has 0 amide bonds. The lowest BCUT2D eigenvalue weighted by atomic mass is 10.1. The molecule has 0 spiro atoms. The highest BCUT2D eigenvalue weighted by atomic mass is 32.2. The first-order valence-electron chi connectivity index (χ1n) is 4.22. The molecule has 0 saturated carbocycles. The molecule has 3 nitrogen and oxygen atoms in total. The first-order chi connectivity index (χ1) is 6.58. The van der Waals surface area contributed by atoms with Crippen molar-refractivity contribution in [3.63, 3.8) is 0 Å². The van der Waals surface area contributed by atoms with Gasteiger partial charge in [0.2, 0.25) is 0 Å². The SMILES string of the molecule is CC(=O)Cc1ccc(CS(=O)O)cc1. The minimum absolute atomic E-state index is 0.114. The molecule has 14 heavy (non-hydrogen) atoms. The standard InChI is InChI=1S/C10H12O3S/c1-8(11)6-9-2-4-10(5-3-9)7-14(12)13/h2-5H,6-7H2,1H3,(H,12,13). The number of carbonyl (C=O) groups is 1.